The average Bonchev–Trinajstić information content (AvgIpc) is 2.45. The summed E-state index contributed by atoms with van der Waals surface area (Å²) in [6, 6.07) is 6.86. The number of aromatic amines is 1. The van der Waals surface area contributed by atoms with Crippen LogP contribution in [0.1, 0.15) is 12.7 Å². The SMILES string of the molecule is CCc1nc(-c2cc(OC)ccc2OC)cc(=O)[nH]1. The van der Waals surface area contributed by atoms with Crippen LogP contribution in [-0.2, 0) is 6.42 Å². The van der Waals surface area contributed by atoms with Crippen LogP contribution in [0, 0.1) is 0 Å². The molecule has 0 saturated heterocycles. The molecule has 1 heterocycles. The van der Waals surface area contributed by atoms with Gasteiger partial charge in [-0.1, -0.05) is 6.92 Å². The Hall–Kier alpha value is -2.30. The van der Waals surface area contributed by atoms with Gasteiger partial charge in [0.15, 0.2) is 0 Å². The molecule has 100 valence electrons. The third kappa shape index (κ3) is 2.76. The first-order valence-corrected chi connectivity index (χ1v) is 6.00. The quantitative estimate of drug-likeness (QED) is 0.913. The largest absolute Gasteiger partial charge is 0.497 e. The smallest absolute Gasteiger partial charge is 0.251 e. The molecule has 1 aromatic heterocycles. The second-order valence-corrected chi connectivity index (χ2v) is 4.00. The zero-order valence-electron chi connectivity index (χ0n) is 11.2. The fraction of sp³-hybridized carbons (Fsp3) is 0.286. The fourth-order valence-electron chi connectivity index (χ4n) is 1.83. The van der Waals surface area contributed by atoms with Gasteiger partial charge >= 0.3 is 0 Å². The highest BCUT2D eigenvalue weighted by Crippen LogP contribution is 2.31. The topological polar surface area (TPSA) is 64.2 Å². The van der Waals surface area contributed by atoms with E-state index in [1.54, 1.807) is 32.4 Å². The van der Waals surface area contributed by atoms with Crippen LogP contribution in [-0.4, -0.2) is 24.2 Å². The van der Waals surface area contributed by atoms with Crippen LogP contribution < -0.4 is 15.0 Å². The number of nitrogens with one attached hydrogen (secondary N) is 1. The molecule has 0 bridgehead atoms. The molecule has 0 aliphatic rings. The van der Waals surface area contributed by atoms with Crippen molar-refractivity contribution in [3.8, 4) is 22.8 Å². The third-order valence-electron chi connectivity index (χ3n) is 2.81. The number of benzene rings is 1. The van der Waals surface area contributed by atoms with Crippen LogP contribution in [0.3, 0.4) is 0 Å². The second-order valence-electron chi connectivity index (χ2n) is 4.00. The maximum atomic E-state index is 11.6. The van der Waals surface area contributed by atoms with Crippen LogP contribution in [0.5, 0.6) is 11.5 Å². The Morgan fingerprint density at radius 1 is 1.21 bits per heavy atom. The van der Waals surface area contributed by atoms with Crippen molar-refractivity contribution in [1.82, 2.24) is 9.97 Å². The highest BCUT2D eigenvalue weighted by atomic mass is 16.5. The predicted octanol–water partition coefficient (Wildman–Crippen LogP) is 2.02. The standard InChI is InChI=1S/C14H16N2O3/c1-4-13-15-11(8-14(17)16-13)10-7-9(18-2)5-6-12(10)19-3/h5-8H,4H2,1-3H3,(H,15,16,17). The van der Waals surface area contributed by atoms with E-state index in [1.165, 1.54) is 6.07 Å². The average molecular weight is 260 g/mol. The Morgan fingerprint density at radius 3 is 2.63 bits per heavy atom. The molecule has 2 aromatic rings. The number of hydrogen-bond acceptors (Lipinski definition) is 4. The van der Waals surface area contributed by atoms with Gasteiger partial charge in [0.1, 0.15) is 17.3 Å². The first kappa shape index (κ1) is 13.1. The molecule has 0 saturated carbocycles. The van der Waals surface area contributed by atoms with Gasteiger partial charge in [0, 0.05) is 18.1 Å². The summed E-state index contributed by atoms with van der Waals surface area (Å²) in [7, 11) is 3.17. The molecule has 0 aliphatic heterocycles. The third-order valence-corrected chi connectivity index (χ3v) is 2.81. The Morgan fingerprint density at radius 2 is 2.00 bits per heavy atom. The normalized spacial score (nSPS) is 10.3. The molecule has 0 atom stereocenters. The summed E-state index contributed by atoms with van der Waals surface area (Å²) in [4.78, 5) is 18.7. The number of rotatable bonds is 4. The highest BCUT2D eigenvalue weighted by Gasteiger charge is 2.10. The van der Waals surface area contributed by atoms with Crippen molar-refractivity contribution in [1.29, 1.82) is 0 Å². The molecule has 0 radical (unpaired) electrons. The van der Waals surface area contributed by atoms with Gasteiger partial charge in [0.05, 0.1) is 19.9 Å². The Labute approximate surface area is 111 Å². The Balaban J connectivity index is 2.62. The molecule has 0 fully saturated rings. The van der Waals surface area contributed by atoms with E-state index in [1.807, 2.05) is 6.92 Å². The number of aromatic nitrogens is 2. The summed E-state index contributed by atoms with van der Waals surface area (Å²) in [6.45, 7) is 1.94. The second kappa shape index (κ2) is 5.56. The number of nitrogens with zero attached hydrogens (tertiary/aromatic N) is 1. The summed E-state index contributed by atoms with van der Waals surface area (Å²) in [6.07, 6.45) is 0.662. The number of aryl methyl sites for hydroxylation is 1. The maximum absolute atomic E-state index is 11.6. The van der Waals surface area contributed by atoms with Crippen LogP contribution in [0.25, 0.3) is 11.3 Å². The lowest BCUT2D eigenvalue weighted by Gasteiger charge is -2.10. The van der Waals surface area contributed by atoms with E-state index in [0.717, 1.165) is 5.56 Å². The molecule has 1 aromatic carbocycles. The molecule has 5 nitrogen and oxygen atoms in total. The molecule has 0 aliphatic carbocycles. The van der Waals surface area contributed by atoms with Crippen LogP contribution in [0.2, 0.25) is 0 Å². The lowest BCUT2D eigenvalue weighted by molar-refractivity contribution is 0.404. The van der Waals surface area contributed by atoms with E-state index in [4.69, 9.17) is 9.47 Å². The summed E-state index contributed by atoms with van der Waals surface area (Å²) in [5, 5.41) is 0. The Kier molecular flexibility index (Phi) is 3.85. The molecule has 0 spiro atoms. The predicted molar refractivity (Wildman–Crippen MR) is 72.8 cm³/mol. The summed E-state index contributed by atoms with van der Waals surface area (Å²) < 4.78 is 10.5. The molecular weight excluding hydrogens is 244 g/mol. The minimum Gasteiger partial charge on any atom is -0.497 e. The van der Waals surface area contributed by atoms with Crippen molar-refractivity contribution in [2.45, 2.75) is 13.3 Å². The maximum Gasteiger partial charge on any atom is 0.251 e. The molecule has 1 N–H and O–H groups in total. The van der Waals surface area contributed by atoms with Gasteiger partial charge < -0.3 is 14.5 Å². The van der Waals surface area contributed by atoms with Crippen LogP contribution >= 0.6 is 0 Å². The van der Waals surface area contributed by atoms with E-state index in [0.29, 0.717) is 29.4 Å². The van der Waals surface area contributed by atoms with Crippen molar-refractivity contribution in [3.05, 3.63) is 40.4 Å². The molecular formula is C14H16N2O3. The highest BCUT2D eigenvalue weighted by molar-refractivity contribution is 5.68. The van der Waals surface area contributed by atoms with Crippen molar-refractivity contribution in [3.63, 3.8) is 0 Å². The summed E-state index contributed by atoms with van der Waals surface area (Å²) in [5.74, 6) is 1.99. The van der Waals surface area contributed by atoms with Gasteiger partial charge in [-0.05, 0) is 18.2 Å². The zero-order chi connectivity index (χ0) is 13.8. The van der Waals surface area contributed by atoms with Crippen molar-refractivity contribution >= 4 is 0 Å². The van der Waals surface area contributed by atoms with Crippen molar-refractivity contribution in [2.75, 3.05) is 14.2 Å². The molecule has 5 heteroatoms. The molecule has 2 rings (SSSR count). The first-order chi connectivity index (χ1) is 9.17. The van der Waals surface area contributed by atoms with E-state index < -0.39 is 0 Å². The fourth-order valence-corrected chi connectivity index (χ4v) is 1.83. The minimum atomic E-state index is -0.174. The van der Waals surface area contributed by atoms with Gasteiger partial charge in [0.25, 0.3) is 5.56 Å². The summed E-state index contributed by atoms with van der Waals surface area (Å²) >= 11 is 0. The number of H-pyrrole nitrogens is 1. The molecule has 19 heavy (non-hydrogen) atoms. The van der Waals surface area contributed by atoms with E-state index in [2.05, 4.69) is 9.97 Å². The molecule has 0 amide bonds. The van der Waals surface area contributed by atoms with E-state index in [9.17, 15) is 4.79 Å². The van der Waals surface area contributed by atoms with Gasteiger partial charge in [-0.2, -0.15) is 0 Å². The number of methoxy groups -OCH3 is 2. The zero-order valence-corrected chi connectivity index (χ0v) is 11.2. The van der Waals surface area contributed by atoms with Gasteiger partial charge in [0.2, 0.25) is 0 Å². The first-order valence-electron chi connectivity index (χ1n) is 6.00. The summed E-state index contributed by atoms with van der Waals surface area (Å²) in [5.41, 5.74) is 1.14. The van der Waals surface area contributed by atoms with Crippen molar-refractivity contribution in [2.24, 2.45) is 0 Å². The van der Waals surface area contributed by atoms with Crippen molar-refractivity contribution < 1.29 is 9.47 Å². The number of ether oxygens (including phenoxy) is 2. The van der Waals surface area contributed by atoms with E-state index >= 15 is 0 Å². The number of hydrogen-bond donors (Lipinski definition) is 1. The van der Waals surface area contributed by atoms with Gasteiger partial charge in [-0.3, -0.25) is 4.79 Å². The Bertz CT molecular complexity index is 635. The lowest BCUT2D eigenvalue weighted by atomic mass is 10.1. The lowest BCUT2D eigenvalue weighted by Crippen LogP contribution is -2.10. The monoisotopic (exact) mass is 260 g/mol. The minimum absolute atomic E-state index is 0.174. The van der Waals surface area contributed by atoms with Gasteiger partial charge in [-0.15, -0.1) is 0 Å². The molecule has 0 unspecified atom stereocenters. The van der Waals surface area contributed by atoms with Crippen LogP contribution in [0.4, 0.5) is 0 Å². The van der Waals surface area contributed by atoms with Crippen LogP contribution in [0.15, 0.2) is 29.1 Å². The van der Waals surface area contributed by atoms with Gasteiger partial charge in [-0.25, -0.2) is 4.98 Å². The van der Waals surface area contributed by atoms with E-state index in [-0.39, 0.29) is 5.56 Å².